The summed E-state index contributed by atoms with van der Waals surface area (Å²) >= 11 is 5.83. The van der Waals surface area contributed by atoms with E-state index in [-0.39, 0.29) is 16.3 Å². The van der Waals surface area contributed by atoms with Crippen LogP contribution in [0.1, 0.15) is 17.3 Å². The highest BCUT2D eigenvalue weighted by Crippen LogP contribution is 2.22. The number of ether oxygens (including phenoxy) is 2. The quantitative estimate of drug-likeness (QED) is 0.835. The van der Waals surface area contributed by atoms with Crippen LogP contribution in [0.25, 0.3) is 0 Å². The van der Waals surface area contributed by atoms with Gasteiger partial charge in [0.1, 0.15) is 11.6 Å². The Morgan fingerprint density at radius 1 is 1.17 bits per heavy atom. The van der Waals surface area contributed by atoms with Crippen LogP contribution >= 0.6 is 11.6 Å². The van der Waals surface area contributed by atoms with Crippen molar-refractivity contribution in [1.29, 1.82) is 0 Å². The zero-order chi connectivity index (χ0) is 17.7. The average molecular weight is 352 g/mol. The molecule has 0 saturated carbocycles. The maximum atomic E-state index is 13.0. The van der Waals surface area contributed by atoms with E-state index in [1.807, 2.05) is 0 Å². The molecule has 0 aromatic heterocycles. The summed E-state index contributed by atoms with van der Waals surface area (Å²) < 4.78 is 23.1. The standard InChI is InChI=1S/C17H15ClFNO4/c1-10(16(21)20-15-8-5-12(19)9-14(15)18)24-17(22)11-3-6-13(23-2)7-4-11/h3-10H,1-2H3,(H,20,21)/t10-/m0/s1. The first-order chi connectivity index (χ1) is 11.4. The highest BCUT2D eigenvalue weighted by Gasteiger charge is 2.20. The number of anilines is 1. The predicted molar refractivity (Wildman–Crippen MR) is 87.9 cm³/mol. The van der Waals surface area contributed by atoms with E-state index in [2.05, 4.69) is 5.32 Å². The lowest BCUT2D eigenvalue weighted by Crippen LogP contribution is -2.30. The van der Waals surface area contributed by atoms with Crippen LogP contribution in [0.2, 0.25) is 5.02 Å². The summed E-state index contributed by atoms with van der Waals surface area (Å²) in [5, 5.41) is 2.53. The molecule has 0 radical (unpaired) electrons. The number of hydrogen-bond donors (Lipinski definition) is 1. The van der Waals surface area contributed by atoms with E-state index in [0.717, 1.165) is 12.1 Å². The molecule has 24 heavy (non-hydrogen) atoms. The highest BCUT2D eigenvalue weighted by molar-refractivity contribution is 6.33. The zero-order valence-electron chi connectivity index (χ0n) is 13.0. The lowest BCUT2D eigenvalue weighted by molar-refractivity contribution is -0.123. The molecule has 0 saturated heterocycles. The van der Waals surface area contributed by atoms with E-state index < -0.39 is 23.8 Å². The number of esters is 1. The number of halogens is 2. The third-order valence-electron chi connectivity index (χ3n) is 3.17. The molecule has 5 nitrogen and oxygen atoms in total. The van der Waals surface area contributed by atoms with Crippen molar-refractivity contribution in [3.8, 4) is 5.75 Å². The van der Waals surface area contributed by atoms with Crippen molar-refractivity contribution in [2.24, 2.45) is 0 Å². The molecule has 0 aliphatic heterocycles. The van der Waals surface area contributed by atoms with Gasteiger partial charge in [0.2, 0.25) is 0 Å². The first-order valence-corrected chi connectivity index (χ1v) is 7.39. The fourth-order valence-corrected chi connectivity index (χ4v) is 2.05. The molecule has 0 bridgehead atoms. The van der Waals surface area contributed by atoms with Crippen molar-refractivity contribution in [2.45, 2.75) is 13.0 Å². The molecule has 126 valence electrons. The molecule has 2 rings (SSSR count). The molecule has 0 aliphatic rings. The number of benzene rings is 2. The fraction of sp³-hybridized carbons (Fsp3) is 0.176. The largest absolute Gasteiger partial charge is 0.497 e. The van der Waals surface area contributed by atoms with E-state index in [1.54, 1.807) is 12.1 Å². The number of carbonyl (C=O) groups is 2. The predicted octanol–water partition coefficient (Wildman–Crippen LogP) is 3.67. The number of nitrogens with one attached hydrogen (secondary N) is 1. The molecule has 0 fully saturated rings. The van der Waals surface area contributed by atoms with E-state index >= 15 is 0 Å². The number of carbonyl (C=O) groups excluding carboxylic acids is 2. The second-order valence-electron chi connectivity index (χ2n) is 4.89. The van der Waals surface area contributed by atoms with Gasteiger partial charge in [-0.3, -0.25) is 4.79 Å². The molecular weight excluding hydrogens is 337 g/mol. The number of rotatable bonds is 5. The third-order valence-corrected chi connectivity index (χ3v) is 3.48. The van der Waals surface area contributed by atoms with Gasteiger partial charge >= 0.3 is 5.97 Å². The van der Waals surface area contributed by atoms with Gasteiger partial charge in [0.25, 0.3) is 5.91 Å². The topological polar surface area (TPSA) is 64.6 Å². The van der Waals surface area contributed by atoms with Gasteiger partial charge in [-0.1, -0.05) is 11.6 Å². The van der Waals surface area contributed by atoms with Crippen LogP contribution in [0.5, 0.6) is 5.75 Å². The lowest BCUT2D eigenvalue weighted by Gasteiger charge is -2.14. The maximum Gasteiger partial charge on any atom is 0.338 e. The molecule has 2 aromatic carbocycles. The first-order valence-electron chi connectivity index (χ1n) is 7.01. The molecule has 7 heteroatoms. The summed E-state index contributed by atoms with van der Waals surface area (Å²) in [5.41, 5.74) is 0.519. The van der Waals surface area contributed by atoms with Crippen LogP contribution < -0.4 is 10.1 Å². The normalized spacial score (nSPS) is 11.5. The number of hydrogen-bond acceptors (Lipinski definition) is 4. The number of amides is 1. The summed E-state index contributed by atoms with van der Waals surface area (Å²) in [6.45, 7) is 1.42. The molecule has 2 aromatic rings. The third kappa shape index (κ3) is 4.45. The van der Waals surface area contributed by atoms with Crippen LogP contribution in [0.3, 0.4) is 0 Å². The van der Waals surface area contributed by atoms with E-state index in [1.165, 1.54) is 32.2 Å². The van der Waals surface area contributed by atoms with Crippen LogP contribution in [0.15, 0.2) is 42.5 Å². The van der Waals surface area contributed by atoms with Gasteiger partial charge in [0.05, 0.1) is 23.4 Å². The molecule has 1 N–H and O–H groups in total. The van der Waals surface area contributed by atoms with Crippen molar-refractivity contribution in [3.05, 3.63) is 58.9 Å². The van der Waals surface area contributed by atoms with E-state index in [4.69, 9.17) is 21.1 Å². The summed E-state index contributed by atoms with van der Waals surface area (Å²) in [7, 11) is 1.51. The Morgan fingerprint density at radius 2 is 1.83 bits per heavy atom. The summed E-state index contributed by atoms with van der Waals surface area (Å²) in [6, 6.07) is 9.85. The smallest absolute Gasteiger partial charge is 0.338 e. The highest BCUT2D eigenvalue weighted by atomic mass is 35.5. The minimum atomic E-state index is -1.05. The van der Waals surface area contributed by atoms with Crippen molar-refractivity contribution in [1.82, 2.24) is 0 Å². The summed E-state index contributed by atoms with van der Waals surface area (Å²) in [6.07, 6.45) is -1.05. The van der Waals surface area contributed by atoms with Crippen LogP contribution in [0, 0.1) is 5.82 Å². The van der Waals surface area contributed by atoms with E-state index in [9.17, 15) is 14.0 Å². The second-order valence-corrected chi connectivity index (χ2v) is 5.30. The first kappa shape index (κ1) is 17.7. The van der Waals surface area contributed by atoms with Gasteiger partial charge in [0, 0.05) is 0 Å². The molecular formula is C17H15ClFNO4. The van der Waals surface area contributed by atoms with Crippen molar-refractivity contribution >= 4 is 29.2 Å². The number of methoxy groups -OCH3 is 1. The van der Waals surface area contributed by atoms with Crippen molar-refractivity contribution in [3.63, 3.8) is 0 Å². The summed E-state index contributed by atoms with van der Waals surface area (Å²) in [4.78, 5) is 24.1. The SMILES string of the molecule is COc1ccc(C(=O)O[C@@H](C)C(=O)Nc2ccc(F)cc2Cl)cc1. The molecule has 0 heterocycles. The zero-order valence-corrected chi connectivity index (χ0v) is 13.8. The second kappa shape index (κ2) is 7.79. The Hall–Kier alpha value is -2.60. The summed E-state index contributed by atoms with van der Waals surface area (Å²) in [5.74, 6) is -1.14. The Bertz CT molecular complexity index is 749. The lowest BCUT2D eigenvalue weighted by atomic mass is 10.2. The maximum absolute atomic E-state index is 13.0. The van der Waals surface area contributed by atoms with Crippen LogP contribution in [-0.2, 0) is 9.53 Å². The monoisotopic (exact) mass is 351 g/mol. The fourth-order valence-electron chi connectivity index (χ4n) is 1.83. The van der Waals surface area contributed by atoms with Crippen LogP contribution in [0.4, 0.5) is 10.1 Å². The van der Waals surface area contributed by atoms with Crippen LogP contribution in [-0.4, -0.2) is 25.1 Å². The van der Waals surface area contributed by atoms with Gasteiger partial charge in [-0.25, -0.2) is 9.18 Å². The van der Waals surface area contributed by atoms with Gasteiger partial charge in [-0.05, 0) is 49.4 Å². The molecule has 0 unspecified atom stereocenters. The molecule has 0 spiro atoms. The van der Waals surface area contributed by atoms with Gasteiger partial charge in [-0.2, -0.15) is 0 Å². The Kier molecular flexibility index (Phi) is 5.76. The molecule has 0 aliphatic carbocycles. The van der Waals surface area contributed by atoms with Gasteiger partial charge < -0.3 is 14.8 Å². The van der Waals surface area contributed by atoms with E-state index in [0.29, 0.717) is 5.75 Å². The van der Waals surface area contributed by atoms with Crippen molar-refractivity contribution in [2.75, 3.05) is 12.4 Å². The van der Waals surface area contributed by atoms with Gasteiger partial charge in [-0.15, -0.1) is 0 Å². The Labute approximate surface area is 143 Å². The Morgan fingerprint density at radius 3 is 2.42 bits per heavy atom. The Balaban J connectivity index is 1.98. The molecule has 1 atom stereocenters. The minimum absolute atomic E-state index is 0.0528. The van der Waals surface area contributed by atoms with Crippen molar-refractivity contribution < 1.29 is 23.5 Å². The molecule has 1 amide bonds. The van der Waals surface area contributed by atoms with Gasteiger partial charge in [0.15, 0.2) is 6.10 Å². The minimum Gasteiger partial charge on any atom is -0.497 e. The average Bonchev–Trinajstić information content (AvgIpc) is 2.57.